The fourth-order valence-electron chi connectivity index (χ4n) is 2.09. The molecule has 2 N–H and O–H groups in total. The van der Waals surface area contributed by atoms with E-state index in [9.17, 15) is 14.4 Å². The zero-order valence-corrected chi connectivity index (χ0v) is 12.3. The van der Waals surface area contributed by atoms with Crippen LogP contribution >= 0.6 is 0 Å². The number of amides is 4. The summed E-state index contributed by atoms with van der Waals surface area (Å²) in [6.45, 7) is 5.67. The molecule has 1 aliphatic heterocycles. The highest BCUT2D eigenvalue weighted by molar-refractivity contribution is 6.08. The molecule has 21 heavy (non-hydrogen) atoms. The van der Waals surface area contributed by atoms with Crippen molar-refractivity contribution in [3.8, 4) is 0 Å². The van der Waals surface area contributed by atoms with Gasteiger partial charge in [0.05, 0.1) is 6.26 Å². The van der Waals surface area contributed by atoms with Crippen molar-refractivity contribution in [2.75, 3.05) is 13.1 Å². The molecule has 0 aliphatic carbocycles. The Labute approximate surface area is 122 Å². The number of furan rings is 1. The van der Waals surface area contributed by atoms with Gasteiger partial charge in [-0.2, -0.15) is 0 Å². The van der Waals surface area contributed by atoms with Crippen molar-refractivity contribution < 1.29 is 18.8 Å². The summed E-state index contributed by atoms with van der Waals surface area (Å²) in [6, 6.07) is 2.65. The van der Waals surface area contributed by atoms with Gasteiger partial charge in [0.1, 0.15) is 12.3 Å². The maximum absolute atomic E-state index is 12.4. The van der Waals surface area contributed by atoms with Gasteiger partial charge in [0.2, 0.25) is 5.91 Å². The van der Waals surface area contributed by atoms with Gasteiger partial charge in [-0.25, -0.2) is 4.79 Å². The first kappa shape index (κ1) is 15.1. The summed E-state index contributed by atoms with van der Waals surface area (Å²) in [5.74, 6) is -0.227. The molecule has 1 aromatic rings. The second kappa shape index (κ2) is 5.59. The predicted molar refractivity (Wildman–Crippen MR) is 74.2 cm³/mol. The van der Waals surface area contributed by atoms with Gasteiger partial charge in [-0.05, 0) is 25.0 Å². The van der Waals surface area contributed by atoms with Gasteiger partial charge in [0.15, 0.2) is 5.54 Å². The van der Waals surface area contributed by atoms with Crippen molar-refractivity contribution in [2.24, 2.45) is 5.92 Å². The standard InChI is InChI=1S/C14H19N3O4/c1-9(2)7-15-11(18)8-17-12(19)14(3,16-13(17)20)10-5-4-6-21-10/h4-6,9H,7-8H2,1-3H3,(H,15,18)(H,16,20)/t14-/m1/s1. The lowest BCUT2D eigenvalue weighted by Gasteiger charge is -2.19. The molecule has 0 spiro atoms. The molecule has 1 fully saturated rings. The van der Waals surface area contributed by atoms with Gasteiger partial charge >= 0.3 is 6.03 Å². The number of nitrogens with one attached hydrogen (secondary N) is 2. The van der Waals surface area contributed by atoms with E-state index in [0.717, 1.165) is 4.90 Å². The molecular weight excluding hydrogens is 274 g/mol. The summed E-state index contributed by atoms with van der Waals surface area (Å²) in [4.78, 5) is 37.0. The molecule has 7 heteroatoms. The third-order valence-corrected chi connectivity index (χ3v) is 3.30. The number of urea groups is 1. The van der Waals surface area contributed by atoms with E-state index >= 15 is 0 Å². The van der Waals surface area contributed by atoms with Crippen LogP contribution in [0.5, 0.6) is 0 Å². The molecule has 1 aromatic heterocycles. The Balaban J connectivity index is 2.07. The first-order valence-electron chi connectivity index (χ1n) is 6.79. The number of rotatable bonds is 5. The highest BCUT2D eigenvalue weighted by atomic mass is 16.3. The van der Waals surface area contributed by atoms with Crippen molar-refractivity contribution in [1.82, 2.24) is 15.5 Å². The van der Waals surface area contributed by atoms with Gasteiger partial charge in [0, 0.05) is 6.54 Å². The van der Waals surface area contributed by atoms with E-state index in [1.54, 1.807) is 19.1 Å². The van der Waals surface area contributed by atoms with Crippen LogP contribution in [-0.4, -0.2) is 35.8 Å². The predicted octanol–water partition coefficient (Wildman–Crippen LogP) is 0.819. The van der Waals surface area contributed by atoms with Crippen LogP contribution in [0, 0.1) is 5.92 Å². The molecule has 0 bridgehead atoms. The van der Waals surface area contributed by atoms with Gasteiger partial charge < -0.3 is 15.1 Å². The molecule has 0 unspecified atom stereocenters. The number of hydrogen-bond acceptors (Lipinski definition) is 4. The maximum Gasteiger partial charge on any atom is 0.325 e. The molecule has 7 nitrogen and oxygen atoms in total. The molecule has 2 rings (SSSR count). The SMILES string of the molecule is CC(C)CNC(=O)CN1C(=O)N[C@](C)(c2ccco2)C1=O. The lowest BCUT2D eigenvalue weighted by atomic mass is 9.99. The van der Waals surface area contributed by atoms with E-state index in [-0.39, 0.29) is 12.5 Å². The molecule has 0 radical (unpaired) electrons. The Morgan fingerprint density at radius 2 is 2.19 bits per heavy atom. The lowest BCUT2D eigenvalue weighted by Crippen LogP contribution is -2.43. The Hall–Kier alpha value is -2.31. The molecule has 1 saturated heterocycles. The molecular formula is C14H19N3O4. The van der Waals surface area contributed by atoms with E-state index in [4.69, 9.17) is 4.42 Å². The van der Waals surface area contributed by atoms with E-state index in [1.165, 1.54) is 6.26 Å². The third kappa shape index (κ3) is 2.91. The van der Waals surface area contributed by atoms with Crippen LogP contribution in [0.2, 0.25) is 0 Å². The summed E-state index contributed by atoms with van der Waals surface area (Å²) in [7, 11) is 0. The minimum absolute atomic E-state index is 0.297. The van der Waals surface area contributed by atoms with Crippen molar-refractivity contribution >= 4 is 17.8 Å². The van der Waals surface area contributed by atoms with Gasteiger partial charge in [-0.3, -0.25) is 14.5 Å². The second-order valence-corrected chi connectivity index (χ2v) is 5.62. The van der Waals surface area contributed by atoms with E-state index in [0.29, 0.717) is 18.2 Å². The van der Waals surface area contributed by atoms with E-state index < -0.39 is 17.5 Å². The summed E-state index contributed by atoms with van der Waals surface area (Å²) in [5, 5.41) is 5.24. The van der Waals surface area contributed by atoms with Gasteiger partial charge in [-0.1, -0.05) is 13.8 Å². The van der Waals surface area contributed by atoms with E-state index in [2.05, 4.69) is 10.6 Å². The minimum atomic E-state index is -1.26. The van der Waals surface area contributed by atoms with Crippen LogP contribution in [0.15, 0.2) is 22.8 Å². The summed E-state index contributed by atoms with van der Waals surface area (Å²) in [5.41, 5.74) is -1.26. The Kier molecular flexibility index (Phi) is 4.02. The average molecular weight is 293 g/mol. The molecule has 0 saturated carbocycles. The van der Waals surface area contributed by atoms with Crippen LogP contribution in [0.1, 0.15) is 26.5 Å². The Morgan fingerprint density at radius 1 is 1.48 bits per heavy atom. The smallest absolute Gasteiger partial charge is 0.325 e. The zero-order chi connectivity index (χ0) is 15.6. The fourth-order valence-corrected chi connectivity index (χ4v) is 2.09. The van der Waals surface area contributed by atoms with Crippen molar-refractivity contribution in [3.05, 3.63) is 24.2 Å². The van der Waals surface area contributed by atoms with Crippen molar-refractivity contribution in [1.29, 1.82) is 0 Å². The monoisotopic (exact) mass is 293 g/mol. The molecule has 1 atom stereocenters. The minimum Gasteiger partial charge on any atom is -0.466 e. The van der Waals surface area contributed by atoms with Crippen LogP contribution in [0.3, 0.4) is 0 Å². The fraction of sp³-hybridized carbons (Fsp3) is 0.500. The summed E-state index contributed by atoms with van der Waals surface area (Å²) in [6.07, 6.45) is 1.43. The van der Waals surface area contributed by atoms with Gasteiger partial charge in [-0.15, -0.1) is 0 Å². The van der Waals surface area contributed by atoms with Crippen molar-refractivity contribution in [3.63, 3.8) is 0 Å². The molecule has 0 aromatic carbocycles. The normalized spacial score (nSPS) is 21.8. The van der Waals surface area contributed by atoms with Crippen LogP contribution in [-0.2, 0) is 15.1 Å². The maximum atomic E-state index is 12.4. The number of hydrogen-bond donors (Lipinski definition) is 2. The van der Waals surface area contributed by atoms with Crippen LogP contribution in [0.4, 0.5) is 4.79 Å². The van der Waals surface area contributed by atoms with Crippen molar-refractivity contribution in [2.45, 2.75) is 26.3 Å². The number of carbonyl (C=O) groups excluding carboxylic acids is 3. The summed E-state index contributed by atoms with van der Waals surface area (Å²) >= 11 is 0. The summed E-state index contributed by atoms with van der Waals surface area (Å²) < 4.78 is 5.21. The van der Waals surface area contributed by atoms with Gasteiger partial charge in [0.25, 0.3) is 5.91 Å². The zero-order valence-electron chi connectivity index (χ0n) is 12.3. The average Bonchev–Trinajstić information content (AvgIpc) is 3.01. The quantitative estimate of drug-likeness (QED) is 0.786. The molecule has 1 aliphatic rings. The topological polar surface area (TPSA) is 91.7 Å². The van der Waals surface area contributed by atoms with Crippen LogP contribution < -0.4 is 10.6 Å². The number of carbonyl (C=O) groups is 3. The molecule has 4 amide bonds. The molecule has 114 valence electrons. The highest BCUT2D eigenvalue weighted by Crippen LogP contribution is 2.28. The van der Waals surface area contributed by atoms with E-state index in [1.807, 2.05) is 13.8 Å². The number of nitrogens with zero attached hydrogens (tertiary/aromatic N) is 1. The second-order valence-electron chi connectivity index (χ2n) is 5.62. The lowest BCUT2D eigenvalue weighted by molar-refractivity contribution is -0.135. The highest BCUT2D eigenvalue weighted by Gasteiger charge is 2.51. The third-order valence-electron chi connectivity index (χ3n) is 3.30. The van der Waals surface area contributed by atoms with Crippen LogP contribution in [0.25, 0.3) is 0 Å². The molecule has 2 heterocycles. The Morgan fingerprint density at radius 3 is 2.76 bits per heavy atom. The largest absolute Gasteiger partial charge is 0.466 e. The number of imide groups is 1. The first-order chi connectivity index (χ1) is 9.84. The Bertz CT molecular complexity index is 553. The first-order valence-corrected chi connectivity index (χ1v) is 6.79.